The maximum absolute atomic E-state index is 10.9. The maximum Gasteiger partial charge on any atom is 0.213 e. The standard InChI is InChI=1S/C5H7ClO4S/c6-4-5(3-11(4,7)8)9-1-2-10-5/h4H,1-3H2. The van der Waals surface area contributed by atoms with Crippen LogP contribution in [0.25, 0.3) is 0 Å². The van der Waals surface area contributed by atoms with Gasteiger partial charge in [-0.15, -0.1) is 0 Å². The number of alkyl halides is 1. The summed E-state index contributed by atoms with van der Waals surface area (Å²) in [5.74, 6) is -1.12. The van der Waals surface area contributed by atoms with Gasteiger partial charge in [0.15, 0.2) is 14.5 Å². The summed E-state index contributed by atoms with van der Waals surface area (Å²) in [6, 6.07) is 0. The van der Waals surface area contributed by atoms with Crippen molar-refractivity contribution in [2.45, 2.75) is 10.5 Å². The van der Waals surface area contributed by atoms with Gasteiger partial charge in [0.2, 0.25) is 5.79 Å². The van der Waals surface area contributed by atoms with E-state index in [2.05, 4.69) is 0 Å². The first-order valence-corrected chi connectivity index (χ1v) is 5.36. The van der Waals surface area contributed by atoms with E-state index in [-0.39, 0.29) is 5.75 Å². The Kier molecular flexibility index (Phi) is 1.49. The molecule has 64 valence electrons. The van der Waals surface area contributed by atoms with E-state index in [9.17, 15) is 8.42 Å². The van der Waals surface area contributed by atoms with Crippen molar-refractivity contribution in [1.29, 1.82) is 0 Å². The van der Waals surface area contributed by atoms with Crippen molar-refractivity contribution in [2.24, 2.45) is 0 Å². The van der Waals surface area contributed by atoms with Gasteiger partial charge in [0.25, 0.3) is 0 Å². The first-order chi connectivity index (χ1) is 5.07. The fourth-order valence-corrected chi connectivity index (χ4v) is 3.27. The molecule has 11 heavy (non-hydrogen) atoms. The normalized spacial score (nSPS) is 38.8. The highest BCUT2D eigenvalue weighted by atomic mass is 35.5. The molecule has 1 spiro atoms. The van der Waals surface area contributed by atoms with Crippen molar-refractivity contribution in [1.82, 2.24) is 0 Å². The molecule has 1 atom stereocenters. The smallest absolute Gasteiger partial charge is 0.213 e. The minimum Gasteiger partial charge on any atom is -0.344 e. The van der Waals surface area contributed by atoms with Gasteiger partial charge in [-0.3, -0.25) is 0 Å². The Hall–Kier alpha value is 0.160. The van der Waals surface area contributed by atoms with Crippen molar-refractivity contribution >= 4 is 21.4 Å². The van der Waals surface area contributed by atoms with E-state index < -0.39 is 20.3 Å². The lowest BCUT2D eigenvalue weighted by Crippen LogP contribution is -2.61. The maximum atomic E-state index is 10.9. The molecule has 1 unspecified atom stereocenters. The zero-order valence-electron chi connectivity index (χ0n) is 5.62. The summed E-state index contributed by atoms with van der Waals surface area (Å²) in [7, 11) is -3.14. The predicted octanol–water partition coefficient (Wildman–Crippen LogP) is -0.277. The van der Waals surface area contributed by atoms with Crippen molar-refractivity contribution < 1.29 is 17.9 Å². The fraction of sp³-hybridized carbons (Fsp3) is 1.00. The number of halogens is 1. The van der Waals surface area contributed by atoms with Crippen molar-refractivity contribution in [2.75, 3.05) is 19.0 Å². The Bertz CT molecular complexity index is 266. The van der Waals surface area contributed by atoms with Gasteiger partial charge < -0.3 is 9.47 Å². The van der Waals surface area contributed by atoms with E-state index in [1.54, 1.807) is 0 Å². The van der Waals surface area contributed by atoms with Crippen LogP contribution in [0.4, 0.5) is 0 Å². The topological polar surface area (TPSA) is 52.6 Å². The average molecular weight is 199 g/mol. The molecular formula is C5H7ClO4S. The summed E-state index contributed by atoms with van der Waals surface area (Å²) in [6.45, 7) is 0.859. The average Bonchev–Trinajstić information content (AvgIpc) is 2.37. The van der Waals surface area contributed by atoms with Crippen LogP contribution in [0, 0.1) is 0 Å². The molecule has 0 N–H and O–H groups in total. The third-order valence-corrected chi connectivity index (χ3v) is 4.78. The summed E-state index contributed by atoms with van der Waals surface area (Å²) < 4.78 is 30.9. The van der Waals surface area contributed by atoms with Gasteiger partial charge in [-0.2, -0.15) is 0 Å². The molecule has 0 radical (unpaired) electrons. The Balaban J connectivity index is 2.23. The van der Waals surface area contributed by atoms with Crippen LogP contribution in [0.3, 0.4) is 0 Å². The second-order valence-corrected chi connectivity index (χ2v) is 5.41. The van der Waals surface area contributed by atoms with Crippen LogP contribution >= 0.6 is 11.6 Å². The van der Waals surface area contributed by atoms with Gasteiger partial charge >= 0.3 is 0 Å². The number of ether oxygens (including phenoxy) is 2. The summed E-state index contributed by atoms with van der Waals surface area (Å²) >= 11 is 5.57. The van der Waals surface area contributed by atoms with E-state index in [1.807, 2.05) is 0 Å². The number of sulfone groups is 1. The molecule has 0 aromatic rings. The van der Waals surface area contributed by atoms with E-state index in [1.165, 1.54) is 0 Å². The fourth-order valence-electron chi connectivity index (χ4n) is 1.28. The Morgan fingerprint density at radius 1 is 1.36 bits per heavy atom. The van der Waals surface area contributed by atoms with Crippen molar-refractivity contribution in [3.8, 4) is 0 Å². The number of hydrogen-bond acceptors (Lipinski definition) is 4. The molecule has 0 amide bonds. The molecule has 6 heteroatoms. The van der Waals surface area contributed by atoms with Gasteiger partial charge in [-0.1, -0.05) is 11.6 Å². The molecular weight excluding hydrogens is 192 g/mol. The number of rotatable bonds is 0. The van der Waals surface area contributed by atoms with Gasteiger partial charge in [0.05, 0.1) is 13.2 Å². The van der Waals surface area contributed by atoms with Crippen LogP contribution in [-0.4, -0.2) is 37.9 Å². The van der Waals surface area contributed by atoms with Crippen molar-refractivity contribution in [3.05, 3.63) is 0 Å². The molecule has 2 saturated heterocycles. The van der Waals surface area contributed by atoms with Crippen LogP contribution in [0.5, 0.6) is 0 Å². The quantitative estimate of drug-likeness (QED) is 0.503. The zero-order valence-corrected chi connectivity index (χ0v) is 7.19. The van der Waals surface area contributed by atoms with Crippen LogP contribution in [0.2, 0.25) is 0 Å². The van der Waals surface area contributed by atoms with E-state index in [0.29, 0.717) is 13.2 Å². The molecule has 0 saturated carbocycles. The molecule has 2 rings (SSSR count). The van der Waals surface area contributed by atoms with Crippen molar-refractivity contribution in [3.63, 3.8) is 0 Å². The predicted molar refractivity (Wildman–Crippen MR) is 38.1 cm³/mol. The molecule has 0 aliphatic carbocycles. The summed E-state index contributed by atoms with van der Waals surface area (Å²) in [4.78, 5) is 0. The highest BCUT2D eigenvalue weighted by molar-refractivity contribution is 7.95. The zero-order chi connectivity index (χ0) is 8.11. The lowest BCUT2D eigenvalue weighted by Gasteiger charge is -2.39. The Morgan fingerprint density at radius 3 is 2.27 bits per heavy atom. The molecule has 0 aromatic carbocycles. The first kappa shape index (κ1) is 7.79. The highest BCUT2D eigenvalue weighted by Crippen LogP contribution is 2.41. The lowest BCUT2D eigenvalue weighted by atomic mass is 10.3. The van der Waals surface area contributed by atoms with E-state index in [0.717, 1.165) is 0 Å². The van der Waals surface area contributed by atoms with Crippen LogP contribution in [0.1, 0.15) is 0 Å². The van der Waals surface area contributed by atoms with Crippen LogP contribution in [0.15, 0.2) is 0 Å². The molecule has 0 aromatic heterocycles. The first-order valence-electron chi connectivity index (χ1n) is 3.20. The molecule has 2 fully saturated rings. The highest BCUT2D eigenvalue weighted by Gasteiger charge is 2.62. The van der Waals surface area contributed by atoms with E-state index >= 15 is 0 Å². The van der Waals surface area contributed by atoms with Crippen LogP contribution in [-0.2, 0) is 19.3 Å². The molecule has 2 heterocycles. The summed E-state index contributed by atoms with van der Waals surface area (Å²) in [5.41, 5.74) is 0. The second-order valence-electron chi connectivity index (χ2n) is 2.63. The number of hydrogen-bond donors (Lipinski definition) is 0. The van der Waals surface area contributed by atoms with Gasteiger partial charge in [-0.25, -0.2) is 8.42 Å². The summed E-state index contributed by atoms with van der Waals surface area (Å²) in [5, 5.41) is 0. The third kappa shape index (κ3) is 0.917. The van der Waals surface area contributed by atoms with Gasteiger partial charge in [0.1, 0.15) is 5.75 Å². The minimum absolute atomic E-state index is 0.103. The SMILES string of the molecule is O=S1(=O)CC2(OCCO2)C1Cl. The van der Waals surface area contributed by atoms with Gasteiger partial charge in [0, 0.05) is 0 Å². The Morgan fingerprint density at radius 2 is 1.91 bits per heavy atom. The molecule has 2 aliphatic heterocycles. The lowest BCUT2D eigenvalue weighted by molar-refractivity contribution is -0.139. The second kappa shape index (κ2) is 2.10. The molecule has 4 nitrogen and oxygen atoms in total. The Labute approximate surface area is 69.3 Å². The molecule has 2 aliphatic rings. The van der Waals surface area contributed by atoms with E-state index in [4.69, 9.17) is 21.1 Å². The largest absolute Gasteiger partial charge is 0.344 e. The van der Waals surface area contributed by atoms with Gasteiger partial charge in [-0.05, 0) is 0 Å². The molecule has 0 bridgehead atoms. The monoisotopic (exact) mass is 198 g/mol. The minimum atomic E-state index is -3.14. The third-order valence-electron chi connectivity index (χ3n) is 1.84. The van der Waals surface area contributed by atoms with Crippen LogP contribution < -0.4 is 0 Å². The summed E-state index contributed by atoms with van der Waals surface area (Å²) in [6.07, 6.45) is 0.